The summed E-state index contributed by atoms with van der Waals surface area (Å²) in [7, 11) is 4.12. The van der Waals surface area contributed by atoms with Crippen molar-refractivity contribution in [2.75, 3.05) is 40.3 Å². The van der Waals surface area contributed by atoms with Gasteiger partial charge in [0.1, 0.15) is 5.60 Å². The molecule has 1 atom stereocenters. The van der Waals surface area contributed by atoms with Crippen LogP contribution in [0, 0.1) is 0 Å². The molecule has 124 valence electrons. The van der Waals surface area contributed by atoms with Crippen LogP contribution in [0.15, 0.2) is 0 Å². The Morgan fingerprint density at radius 1 is 1.33 bits per heavy atom. The van der Waals surface area contributed by atoms with Gasteiger partial charge in [-0.15, -0.1) is 0 Å². The SMILES string of the molecule is CN(C)CCCOC1(C)CCCN(C(=O)OC(C)(C)C)C1. The largest absolute Gasteiger partial charge is 0.444 e. The molecule has 0 aliphatic carbocycles. The van der Waals surface area contributed by atoms with Crippen molar-refractivity contribution in [2.45, 2.75) is 58.2 Å². The fraction of sp³-hybridized carbons (Fsp3) is 0.938. The summed E-state index contributed by atoms with van der Waals surface area (Å²) in [6, 6.07) is 0. The summed E-state index contributed by atoms with van der Waals surface area (Å²) in [5, 5.41) is 0. The van der Waals surface area contributed by atoms with E-state index in [4.69, 9.17) is 9.47 Å². The van der Waals surface area contributed by atoms with E-state index in [-0.39, 0.29) is 11.7 Å². The Hall–Kier alpha value is -0.810. The third kappa shape index (κ3) is 7.14. The van der Waals surface area contributed by atoms with E-state index >= 15 is 0 Å². The van der Waals surface area contributed by atoms with Crippen molar-refractivity contribution in [2.24, 2.45) is 0 Å². The van der Waals surface area contributed by atoms with Gasteiger partial charge in [-0.2, -0.15) is 0 Å². The second-order valence-electron chi connectivity index (χ2n) is 7.46. The number of amides is 1. The molecule has 0 saturated carbocycles. The molecular weight excluding hydrogens is 268 g/mol. The van der Waals surface area contributed by atoms with Gasteiger partial charge in [-0.25, -0.2) is 4.79 Å². The highest BCUT2D eigenvalue weighted by atomic mass is 16.6. The Kier molecular flexibility index (Phi) is 6.47. The molecule has 21 heavy (non-hydrogen) atoms. The Balaban J connectivity index is 2.44. The fourth-order valence-electron chi connectivity index (χ4n) is 2.51. The topological polar surface area (TPSA) is 42.0 Å². The van der Waals surface area contributed by atoms with Crippen molar-refractivity contribution in [3.05, 3.63) is 0 Å². The first-order valence-electron chi connectivity index (χ1n) is 7.88. The lowest BCUT2D eigenvalue weighted by Gasteiger charge is -2.40. The van der Waals surface area contributed by atoms with Gasteiger partial charge in [-0.3, -0.25) is 0 Å². The molecule has 0 spiro atoms. The molecular formula is C16H32N2O3. The van der Waals surface area contributed by atoms with Gasteiger partial charge in [0, 0.05) is 13.2 Å². The van der Waals surface area contributed by atoms with Crippen molar-refractivity contribution >= 4 is 6.09 Å². The summed E-state index contributed by atoms with van der Waals surface area (Å²) in [6.45, 7) is 10.9. The number of likely N-dealkylation sites (tertiary alicyclic amines) is 1. The van der Waals surface area contributed by atoms with Crippen LogP contribution in [0.4, 0.5) is 4.79 Å². The molecule has 1 aliphatic heterocycles. The number of piperidine rings is 1. The molecule has 1 fully saturated rings. The molecule has 1 heterocycles. The average Bonchev–Trinajstić information content (AvgIpc) is 2.32. The summed E-state index contributed by atoms with van der Waals surface area (Å²) in [4.78, 5) is 16.1. The normalized spacial score (nSPS) is 23.5. The standard InChI is InChI=1S/C16H32N2O3/c1-15(2,3)21-14(19)18-11-7-9-16(4,13-18)20-12-8-10-17(5)6/h7-13H2,1-6H3. The molecule has 0 radical (unpaired) electrons. The van der Waals surface area contributed by atoms with Crippen LogP contribution < -0.4 is 0 Å². The second-order valence-corrected chi connectivity index (χ2v) is 7.46. The minimum absolute atomic E-state index is 0.231. The van der Waals surface area contributed by atoms with E-state index in [2.05, 4.69) is 25.9 Å². The fourth-order valence-corrected chi connectivity index (χ4v) is 2.51. The Bertz CT molecular complexity index is 339. The first-order chi connectivity index (χ1) is 9.61. The molecule has 1 unspecified atom stereocenters. The van der Waals surface area contributed by atoms with Crippen molar-refractivity contribution in [1.29, 1.82) is 0 Å². The van der Waals surface area contributed by atoms with Gasteiger partial charge in [0.15, 0.2) is 0 Å². The summed E-state index contributed by atoms with van der Waals surface area (Å²) in [5.74, 6) is 0. The monoisotopic (exact) mass is 300 g/mol. The van der Waals surface area contributed by atoms with Crippen LogP contribution in [-0.4, -0.2) is 67.4 Å². The van der Waals surface area contributed by atoms with E-state index in [0.29, 0.717) is 6.54 Å². The maximum absolute atomic E-state index is 12.2. The summed E-state index contributed by atoms with van der Waals surface area (Å²) in [6.07, 6.45) is 2.73. The zero-order valence-corrected chi connectivity index (χ0v) is 14.6. The van der Waals surface area contributed by atoms with E-state index in [9.17, 15) is 4.79 Å². The first kappa shape index (κ1) is 18.2. The van der Waals surface area contributed by atoms with E-state index in [1.54, 1.807) is 4.90 Å². The minimum Gasteiger partial charge on any atom is -0.444 e. The molecule has 0 bridgehead atoms. The predicted molar refractivity (Wildman–Crippen MR) is 84.6 cm³/mol. The molecule has 0 aromatic rings. The van der Waals surface area contributed by atoms with Crippen LogP contribution in [0.25, 0.3) is 0 Å². The molecule has 0 N–H and O–H groups in total. The van der Waals surface area contributed by atoms with Crippen LogP contribution in [0.2, 0.25) is 0 Å². The van der Waals surface area contributed by atoms with Gasteiger partial charge in [-0.1, -0.05) is 0 Å². The number of carbonyl (C=O) groups is 1. The number of nitrogens with zero attached hydrogens (tertiary/aromatic N) is 2. The molecule has 1 amide bonds. The number of carbonyl (C=O) groups excluding carboxylic acids is 1. The highest BCUT2D eigenvalue weighted by Crippen LogP contribution is 2.26. The van der Waals surface area contributed by atoms with E-state index in [1.165, 1.54) is 0 Å². The third-order valence-corrected chi connectivity index (χ3v) is 3.51. The first-order valence-corrected chi connectivity index (χ1v) is 7.88. The smallest absolute Gasteiger partial charge is 0.410 e. The molecule has 1 aliphatic rings. The van der Waals surface area contributed by atoms with Gasteiger partial charge in [0.25, 0.3) is 0 Å². The van der Waals surface area contributed by atoms with Crippen molar-refractivity contribution in [3.8, 4) is 0 Å². The lowest BCUT2D eigenvalue weighted by molar-refractivity contribution is -0.0810. The Labute approximate surface area is 129 Å². The van der Waals surface area contributed by atoms with Gasteiger partial charge < -0.3 is 19.3 Å². The lowest BCUT2D eigenvalue weighted by atomic mass is 9.95. The minimum atomic E-state index is -0.447. The van der Waals surface area contributed by atoms with E-state index in [0.717, 1.165) is 39.0 Å². The molecule has 0 aromatic heterocycles. The highest BCUT2D eigenvalue weighted by Gasteiger charge is 2.35. The number of ether oxygens (including phenoxy) is 2. The maximum atomic E-state index is 12.2. The second kappa shape index (κ2) is 7.45. The molecule has 1 saturated heterocycles. The van der Waals surface area contributed by atoms with Gasteiger partial charge in [0.05, 0.1) is 12.1 Å². The van der Waals surface area contributed by atoms with Crippen LogP contribution >= 0.6 is 0 Å². The predicted octanol–water partition coefficient (Wildman–Crippen LogP) is 2.74. The van der Waals surface area contributed by atoms with Crippen LogP contribution in [-0.2, 0) is 9.47 Å². The zero-order valence-electron chi connectivity index (χ0n) is 14.6. The van der Waals surface area contributed by atoms with Crippen LogP contribution in [0.3, 0.4) is 0 Å². The number of hydrogen-bond donors (Lipinski definition) is 0. The summed E-state index contributed by atoms with van der Waals surface area (Å²) >= 11 is 0. The maximum Gasteiger partial charge on any atom is 0.410 e. The molecule has 5 nitrogen and oxygen atoms in total. The van der Waals surface area contributed by atoms with Crippen molar-refractivity contribution in [1.82, 2.24) is 9.80 Å². The highest BCUT2D eigenvalue weighted by molar-refractivity contribution is 5.68. The Morgan fingerprint density at radius 3 is 2.57 bits per heavy atom. The third-order valence-electron chi connectivity index (χ3n) is 3.51. The average molecular weight is 300 g/mol. The zero-order chi connectivity index (χ0) is 16.1. The van der Waals surface area contributed by atoms with E-state index in [1.807, 2.05) is 20.8 Å². The van der Waals surface area contributed by atoms with Gasteiger partial charge >= 0.3 is 6.09 Å². The lowest BCUT2D eigenvalue weighted by Crippen LogP contribution is -2.51. The van der Waals surface area contributed by atoms with Crippen molar-refractivity contribution < 1.29 is 14.3 Å². The van der Waals surface area contributed by atoms with Gasteiger partial charge in [0.2, 0.25) is 0 Å². The summed E-state index contributed by atoms with van der Waals surface area (Å²) in [5.41, 5.74) is -0.695. The van der Waals surface area contributed by atoms with Crippen molar-refractivity contribution in [3.63, 3.8) is 0 Å². The van der Waals surface area contributed by atoms with Crippen LogP contribution in [0.5, 0.6) is 0 Å². The van der Waals surface area contributed by atoms with Gasteiger partial charge in [-0.05, 0) is 67.6 Å². The number of hydrogen-bond acceptors (Lipinski definition) is 4. The summed E-state index contributed by atoms with van der Waals surface area (Å²) < 4.78 is 11.5. The van der Waals surface area contributed by atoms with E-state index < -0.39 is 5.60 Å². The Morgan fingerprint density at radius 2 is 2.00 bits per heavy atom. The number of rotatable bonds is 5. The molecule has 5 heteroatoms. The molecule has 1 rings (SSSR count). The molecule has 0 aromatic carbocycles. The quantitative estimate of drug-likeness (QED) is 0.732. The van der Waals surface area contributed by atoms with Crippen LogP contribution in [0.1, 0.15) is 47.0 Å².